The summed E-state index contributed by atoms with van der Waals surface area (Å²) in [6.45, 7) is 2.22. The van der Waals surface area contributed by atoms with Crippen molar-refractivity contribution in [1.82, 2.24) is 4.90 Å². The van der Waals surface area contributed by atoms with Crippen LogP contribution in [0.25, 0.3) is 0 Å². The van der Waals surface area contributed by atoms with Gasteiger partial charge in [-0.25, -0.2) is 0 Å². The molecule has 0 saturated carbocycles. The lowest BCUT2D eigenvalue weighted by atomic mass is 10.1. The van der Waals surface area contributed by atoms with Gasteiger partial charge in [-0.2, -0.15) is 0 Å². The van der Waals surface area contributed by atoms with E-state index >= 15 is 0 Å². The third kappa shape index (κ3) is 1.81. The van der Waals surface area contributed by atoms with Gasteiger partial charge in [0.15, 0.2) is 5.17 Å². The lowest BCUT2D eigenvalue weighted by Crippen LogP contribution is -2.21. The van der Waals surface area contributed by atoms with Crippen LogP contribution in [0.3, 0.4) is 0 Å². The summed E-state index contributed by atoms with van der Waals surface area (Å²) < 4.78 is 1.13. The fraction of sp³-hybridized carbons (Fsp3) is 0.364. The highest BCUT2D eigenvalue weighted by Gasteiger charge is 2.29. The number of benzene rings is 1. The molecule has 0 unspecified atom stereocenters. The van der Waals surface area contributed by atoms with Gasteiger partial charge in [-0.15, -0.1) is 0 Å². The van der Waals surface area contributed by atoms with E-state index in [1.165, 1.54) is 16.5 Å². The highest BCUT2D eigenvalue weighted by molar-refractivity contribution is 9.10. The van der Waals surface area contributed by atoms with Crippen LogP contribution < -0.4 is 0 Å². The summed E-state index contributed by atoms with van der Waals surface area (Å²) in [5.41, 5.74) is 1.32. The van der Waals surface area contributed by atoms with Crippen LogP contribution in [0.4, 0.5) is 0 Å². The zero-order chi connectivity index (χ0) is 10.3. The van der Waals surface area contributed by atoms with E-state index in [1.807, 2.05) is 11.8 Å². The van der Waals surface area contributed by atoms with Crippen molar-refractivity contribution in [2.24, 2.45) is 4.99 Å². The Bertz CT molecular complexity index is 402. The number of hydrogen-bond acceptors (Lipinski definition) is 3. The average Bonchev–Trinajstić information content (AvgIpc) is 2.78. The molecular weight excluding hydrogens is 272 g/mol. The van der Waals surface area contributed by atoms with Crippen LogP contribution in [-0.2, 0) is 0 Å². The Morgan fingerprint density at radius 1 is 1.33 bits per heavy atom. The summed E-state index contributed by atoms with van der Waals surface area (Å²) >= 11 is 5.33. The maximum atomic E-state index is 4.74. The number of amidine groups is 1. The molecule has 15 heavy (non-hydrogen) atoms. The van der Waals surface area contributed by atoms with Gasteiger partial charge in [0, 0.05) is 23.3 Å². The third-order valence-electron chi connectivity index (χ3n) is 2.78. The molecule has 0 amide bonds. The first-order valence-electron chi connectivity index (χ1n) is 5.04. The van der Waals surface area contributed by atoms with Gasteiger partial charge in [0.05, 0.1) is 6.04 Å². The smallest absolute Gasteiger partial charge is 0.160 e. The van der Waals surface area contributed by atoms with E-state index < -0.39 is 0 Å². The highest BCUT2D eigenvalue weighted by Crippen LogP contribution is 2.32. The van der Waals surface area contributed by atoms with Gasteiger partial charge < -0.3 is 4.90 Å². The topological polar surface area (TPSA) is 15.6 Å². The molecule has 0 aromatic heterocycles. The van der Waals surface area contributed by atoms with Gasteiger partial charge in [0.1, 0.15) is 0 Å². The normalized spacial score (nSPS) is 24.2. The fourth-order valence-corrected chi connectivity index (χ4v) is 3.28. The number of thioether (sulfide) groups is 1. The van der Waals surface area contributed by atoms with Crippen LogP contribution >= 0.6 is 27.7 Å². The second-order valence-corrected chi connectivity index (χ2v) is 5.75. The van der Waals surface area contributed by atoms with Crippen LogP contribution in [0.1, 0.15) is 11.6 Å². The van der Waals surface area contributed by atoms with Crippen LogP contribution in [0.5, 0.6) is 0 Å². The molecular formula is C11H11BrN2S. The molecule has 1 aromatic rings. The first kappa shape index (κ1) is 9.73. The summed E-state index contributed by atoms with van der Waals surface area (Å²) in [6.07, 6.45) is 0. The molecule has 0 aliphatic carbocycles. The van der Waals surface area contributed by atoms with E-state index in [4.69, 9.17) is 4.99 Å². The van der Waals surface area contributed by atoms with E-state index in [0.717, 1.165) is 17.6 Å². The van der Waals surface area contributed by atoms with E-state index in [2.05, 4.69) is 45.1 Å². The largest absolute Gasteiger partial charge is 0.348 e. The predicted octanol–water partition coefficient (Wildman–Crippen LogP) is 2.91. The molecule has 2 aliphatic rings. The Labute approximate surface area is 102 Å². The number of halogens is 1. The van der Waals surface area contributed by atoms with Crippen LogP contribution in [0, 0.1) is 0 Å². The van der Waals surface area contributed by atoms with Gasteiger partial charge >= 0.3 is 0 Å². The third-order valence-corrected chi connectivity index (χ3v) is 4.31. The van der Waals surface area contributed by atoms with E-state index in [1.54, 1.807) is 0 Å². The molecule has 2 nitrogen and oxygen atoms in total. The number of fused-ring (bicyclic) bond motifs is 1. The zero-order valence-corrected chi connectivity index (χ0v) is 10.6. The molecule has 2 aliphatic heterocycles. The van der Waals surface area contributed by atoms with Crippen molar-refractivity contribution in [2.45, 2.75) is 6.04 Å². The predicted molar refractivity (Wildman–Crippen MR) is 68.3 cm³/mol. The quantitative estimate of drug-likeness (QED) is 0.787. The monoisotopic (exact) mass is 282 g/mol. The molecule has 3 rings (SSSR count). The van der Waals surface area contributed by atoms with Crippen LogP contribution in [-0.4, -0.2) is 28.9 Å². The molecule has 0 spiro atoms. The van der Waals surface area contributed by atoms with Crippen LogP contribution in [0.15, 0.2) is 33.7 Å². The summed E-state index contributed by atoms with van der Waals surface area (Å²) in [5.74, 6) is 1.20. The first-order chi connectivity index (χ1) is 7.33. The van der Waals surface area contributed by atoms with Crippen molar-refractivity contribution in [3.8, 4) is 0 Å². The SMILES string of the molecule is Brc1ccc([C@@H]2CN3CCSC3=N2)cc1. The molecule has 1 aromatic carbocycles. The Balaban J connectivity index is 1.85. The maximum absolute atomic E-state index is 4.74. The van der Waals surface area contributed by atoms with Gasteiger partial charge in [-0.3, -0.25) is 4.99 Å². The van der Waals surface area contributed by atoms with Gasteiger partial charge in [0.25, 0.3) is 0 Å². The van der Waals surface area contributed by atoms with Crippen molar-refractivity contribution in [3.05, 3.63) is 34.3 Å². The van der Waals surface area contributed by atoms with Crippen molar-refractivity contribution in [2.75, 3.05) is 18.8 Å². The van der Waals surface area contributed by atoms with E-state index in [9.17, 15) is 0 Å². The molecule has 1 fully saturated rings. The maximum Gasteiger partial charge on any atom is 0.160 e. The lowest BCUT2D eigenvalue weighted by molar-refractivity contribution is 0.464. The number of hydrogen-bond donors (Lipinski definition) is 0. The second-order valence-electron chi connectivity index (χ2n) is 3.77. The van der Waals surface area contributed by atoms with Gasteiger partial charge in [0.2, 0.25) is 0 Å². The zero-order valence-electron chi connectivity index (χ0n) is 8.19. The minimum atomic E-state index is 0.348. The average molecular weight is 283 g/mol. The Kier molecular flexibility index (Phi) is 2.48. The minimum absolute atomic E-state index is 0.348. The molecule has 1 saturated heterocycles. The summed E-state index contributed by atoms with van der Waals surface area (Å²) in [4.78, 5) is 7.13. The molecule has 0 N–H and O–H groups in total. The number of aliphatic imine (C=N–C) groups is 1. The van der Waals surface area contributed by atoms with E-state index in [-0.39, 0.29) is 0 Å². The minimum Gasteiger partial charge on any atom is -0.348 e. The van der Waals surface area contributed by atoms with Crippen molar-refractivity contribution < 1.29 is 0 Å². The van der Waals surface area contributed by atoms with Crippen molar-refractivity contribution in [3.63, 3.8) is 0 Å². The summed E-state index contributed by atoms with van der Waals surface area (Å²) in [5, 5.41) is 1.24. The Morgan fingerprint density at radius 2 is 2.13 bits per heavy atom. The summed E-state index contributed by atoms with van der Waals surface area (Å²) in [7, 11) is 0. The fourth-order valence-electron chi connectivity index (χ4n) is 1.97. The Hall–Kier alpha value is -0.480. The molecule has 4 heteroatoms. The number of nitrogens with zero attached hydrogens (tertiary/aromatic N) is 2. The molecule has 2 heterocycles. The van der Waals surface area contributed by atoms with E-state index in [0.29, 0.717) is 6.04 Å². The van der Waals surface area contributed by atoms with Crippen LogP contribution in [0.2, 0.25) is 0 Å². The highest BCUT2D eigenvalue weighted by atomic mass is 79.9. The summed E-state index contributed by atoms with van der Waals surface area (Å²) in [6, 6.07) is 8.84. The van der Waals surface area contributed by atoms with Gasteiger partial charge in [-0.05, 0) is 17.7 Å². The Morgan fingerprint density at radius 3 is 2.87 bits per heavy atom. The first-order valence-corrected chi connectivity index (χ1v) is 6.82. The standard InChI is InChI=1S/C11H11BrN2S/c12-9-3-1-8(2-4-9)10-7-14-5-6-15-11(14)13-10/h1-4,10H,5-7H2/t10-/m0/s1. The van der Waals surface area contributed by atoms with Crippen molar-refractivity contribution in [1.29, 1.82) is 0 Å². The second kappa shape index (κ2) is 3.83. The molecule has 0 radical (unpaired) electrons. The molecule has 0 bridgehead atoms. The lowest BCUT2D eigenvalue weighted by Gasteiger charge is -2.12. The van der Waals surface area contributed by atoms with Crippen molar-refractivity contribution >= 4 is 32.9 Å². The molecule has 1 atom stereocenters. The number of rotatable bonds is 1. The molecule has 78 valence electrons. The van der Waals surface area contributed by atoms with Gasteiger partial charge in [-0.1, -0.05) is 39.8 Å².